The van der Waals surface area contributed by atoms with Crippen LogP contribution in [0.4, 0.5) is 5.13 Å². The maximum Gasteiger partial charge on any atom is 0.270 e. The Kier molecular flexibility index (Phi) is 5.63. The van der Waals surface area contributed by atoms with Crippen LogP contribution in [0.5, 0.6) is 5.75 Å². The van der Waals surface area contributed by atoms with E-state index >= 15 is 0 Å². The van der Waals surface area contributed by atoms with E-state index in [1.54, 1.807) is 17.0 Å². The van der Waals surface area contributed by atoms with E-state index in [9.17, 15) is 4.79 Å². The molecule has 0 N–H and O–H groups in total. The minimum atomic E-state index is -0.0978. The van der Waals surface area contributed by atoms with Crippen molar-refractivity contribution >= 4 is 55.5 Å². The van der Waals surface area contributed by atoms with Gasteiger partial charge in [-0.2, -0.15) is 0 Å². The Labute approximate surface area is 170 Å². The summed E-state index contributed by atoms with van der Waals surface area (Å²) in [5, 5.41) is 0.655. The average molecular weight is 423 g/mol. The monoisotopic (exact) mass is 422 g/mol. The molecule has 0 saturated carbocycles. The average Bonchev–Trinajstić information content (AvgIpc) is 3.40. The molecular weight excluding hydrogens is 404 g/mol. The molecule has 0 bridgehead atoms. The Balaban J connectivity index is 1.72. The molecule has 0 radical (unpaired) electrons. The van der Waals surface area contributed by atoms with Crippen LogP contribution >= 0.6 is 34.3 Å². The summed E-state index contributed by atoms with van der Waals surface area (Å²) in [6.07, 6.45) is 2.00. The summed E-state index contributed by atoms with van der Waals surface area (Å²) in [6.45, 7) is 3.74. The number of thiophene rings is 1. The van der Waals surface area contributed by atoms with Gasteiger partial charge in [0.1, 0.15) is 11.3 Å². The van der Waals surface area contributed by atoms with E-state index in [-0.39, 0.29) is 12.0 Å². The molecule has 2 aromatic heterocycles. The van der Waals surface area contributed by atoms with Crippen LogP contribution in [0.25, 0.3) is 10.2 Å². The Hall–Kier alpha value is -1.67. The van der Waals surface area contributed by atoms with Gasteiger partial charge in [0.05, 0.1) is 33.2 Å². The summed E-state index contributed by atoms with van der Waals surface area (Å²) in [5.41, 5.74) is 0.786. The third-order valence-corrected chi connectivity index (χ3v) is 6.60. The lowest BCUT2D eigenvalue weighted by molar-refractivity contribution is 0.0920. The summed E-state index contributed by atoms with van der Waals surface area (Å²) in [7, 11) is 0. The first-order chi connectivity index (χ1) is 13.2. The van der Waals surface area contributed by atoms with Crippen LogP contribution in [-0.4, -0.2) is 36.8 Å². The zero-order chi connectivity index (χ0) is 18.8. The van der Waals surface area contributed by atoms with E-state index in [4.69, 9.17) is 26.1 Å². The van der Waals surface area contributed by atoms with Gasteiger partial charge in [-0.05, 0) is 44.0 Å². The van der Waals surface area contributed by atoms with Crippen LogP contribution in [0.15, 0.2) is 30.3 Å². The van der Waals surface area contributed by atoms with Crippen molar-refractivity contribution < 1.29 is 14.3 Å². The molecule has 3 heterocycles. The molecule has 1 fully saturated rings. The number of amides is 1. The summed E-state index contributed by atoms with van der Waals surface area (Å²) in [5.74, 6) is 0.639. The van der Waals surface area contributed by atoms with E-state index in [0.717, 1.165) is 35.4 Å². The van der Waals surface area contributed by atoms with Crippen LogP contribution in [0.2, 0.25) is 4.34 Å². The maximum absolute atomic E-state index is 13.2. The topological polar surface area (TPSA) is 51.7 Å². The predicted octanol–water partition coefficient (Wildman–Crippen LogP) is 5.24. The molecule has 1 unspecified atom stereocenters. The molecule has 1 amide bonds. The van der Waals surface area contributed by atoms with Crippen LogP contribution in [0.3, 0.4) is 0 Å². The lowest BCUT2D eigenvalue weighted by atomic mass is 10.2. The number of carbonyl (C=O) groups is 1. The van der Waals surface area contributed by atoms with Crippen molar-refractivity contribution in [2.75, 3.05) is 24.7 Å². The number of ether oxygens (including phenoxy) is 2. The third kappa shape index (κ3) is 3.96. The van der Waals surface area contributed by atoms with Gasteiger partial charge in [0.15, 0.2) is 5.13 Å². The fraction of sp³-hybridized carbons (Fsp3) is 0.368. The molecule has 1 saturated heterocycles. The van der Waals surface area contributed by atoms with Gasteiger partial charge in [0, 0.05) is 6.61 Å². The van der Waals surface area contributed by atoms with Crippen LogP contribution in [0, 0.1) is 0 Å². The lowest BCUT2D eigenvalue weighted by Gasteiger charge is -2.22. The Bertz CT molecular complexity index is 949. The molecule has 3 aromatic rings. The van der Waals surface area contributed by atoms with Crippen molar-refractivity contribution in [1.29, 1.82) is 0 Å². The molecule has 5 nitrogen and oxygen atoms in total. The van der Waals surface area contributed by atoms with E-state index in [1.807, 2.05) is 25.1 Å². The SMILES string of the molecule is CCOc1cccc2sc(N(CC3CCCO3)C(=O)c3ccc(Cl)s3)nc12. The van der Waals surface area contributed by atoms with E-state index in [2.05, 4.69) is 0 Å². The number of para-hydroxylation sites is 1. The quantitative estimate of drug-likeness (QED) is 0.545. The van der Waals surface area contributed by atoms with Crippen molar-refractivity contribution in [3.05, 3.63) is 39.5 Å². The first-order valence-electron chi connectivity index (χ1n) is 8.87. The highest BCUT2D eigenvalue weighted by molar-refractivity contribution is 7.22. The summed E-state index contributed by atoms with van der Waals surface area (Å²) >= 11 is 8.81. The van der Waals surface area contributed by atoms with Gasteiger partial charge in [0.25, 0.3) is 5.91 Å². The minimum absolute atomic E-state index is 0.0303. The van der Waals surface area contributed by atoms with Gasteiger partial charge in [-0.3, -0.25) is 9.69 Å². The van der Waals surface area contributed by atoms with Crippen molar-refractivity contribution in [2.45, 2.75) is 25.9 Å². The predicted molar refractivity (Wildman–Crippen MR) is 111 cm³/mol. The maximum atomic E-state index is 13.2. The zero-order valence-electron chi connectivity index (χ0n) is 14.8. The first kappa shape index (κ1) is 18.7. The highest BCUT2D eigenvalue weighted by atomic mass is 35.5. The fourth-order valence-electron chi connectivity index (χ4n) is 3.10. The van der Waals surface area contributed by atoms with Gasteiger partial charge in [0.2, 0.25) is 0 Å². The molecule has 0 spiro atoms. The second-order valence-electron chi connectivity index (χ2n) is 6.19. The van der Waals surface area contributed by atoms with E-state index in [1.165, 1.54) is 22.7 Å². The largest absolute Gasteiger partial charge is 0.492 e. The zero-order valence-corrected chi connectivity index (χ0v) is 17.2. The van der Waals surface area contributed by atoms with E-state index < -0.39 is 0 Å². The Morgan fingerprint density at radius 1 is 1.37 bits per heavy atom. The summed E-state index contributed by atoms with van der Waals surface area (Å²) in [4.78, 5) is 20.3. The molecule has 0 aliphatic carbocycles. The molecule has 1 aliphatic heterocycles. The number of halogens is 1. The highest BCUT2D eigenvalue weighted by Crippen LogP contribution is 2.36. The van der Waals surface area contributed by atoms with Crippen molar-refractivity contribution in [3.8, 4) is 5.75 Å². The molecule has 1 aliphatic rings. The normalized spacial score (nSPS) is 16.7. The molecular formula is C19H19ClN2O3S2. The Morgan fingerprint density at radius 2 is 2.26 bits per heavy atom. The second-order valence-corrected chi connectivity index (χ2v) is 8.91. The van der Waals surface area contributed by atoms with Gasteiger partial charge in [-0.15, -0.1) is 11.3 Å². The number of rotatable bonds is 6. The van der Waals surface area contributed by atoms with Gasteiger partial charge < -0.3 is 9.47 Å². The fourth-order valence-corrected chi connectivity index (χ4v) is 5.08. The Morgan fingerprint density at radius 3 is 2.96 bits per heavy atom. The molecule has 27 heavy (non-hydrogen) atoms. The number of hydrogen-bond acceptors (Lipinski definition) is 6. The van der Waals surface area contributed by atoms with Gasteiger partial charge in [-0.1, -0.05) is 29.0 Å². The van der Waals surface area contributed by atoms with Crippen molar-refractivity contribution in [3.63, 3.8) is 0 Å². The number of carbonyl (C=O) groups excluding carboxylic acids is 1. The molecule has 1 atom stereocenters. The molecule has 8 heteroatoms. The molecule has 1 aromatic carbocycles. The molecule has 142 valence electrons. The standard InChI is InChI=1S/C19H19ClN2O3S2/c1-2-24-13-6-3-7-14-17(13)21-19(27-14)22(11-12-5-4-10-25-12)18(23)15-8-9-16(20)26-15/h3,6-9,12H,2,4-5,10-11H2,1H3. The smallest absolute Gasteiger partial charge is 0.270 e. The van der Waals surface area contributed by atoms with Gasteiger partial charge in [-0.25, -0.2) is 4.98 Å². The van der Waals surface area contributed by atoms with Crippen LogP contribution in [0.1, 0.15) is 29.4 Å². The van der Waals surface area contributed by atoms with Crippen molar-refractivity contribution in [1.82, 2.24) is 4.98 Å². The third-order valence-electron chi connectivity index (χ3n) is 4.34. The number of aromatic nitrogens is 1. The first-order valence-corrected chi connectivity index (χ1v) is 10.9. The number of thiazole rings is 1. The van der Waals surface area contributed by atoms with E-state index in [0.29, 0.717) is 27.5 Å². The number of fused-ring (bicyclic) bond motifs is 1. The van der Waals surface area contributed by atoms with Crippen LogP contribution in [-0.2, 0) is 4.74 Å². The number of hydrogen-bond donors (Lipinski definition) is 0. The minimum Gasteiger partial charge on any atom is -0.492 e. The number of benzene rings is 1. The van der Waals surface area contributed by atoms with Crippen molar-refractivity contribution in [2.24, 2.45) is 0 Å². The summed E-state index contributed by atoms with van der Waals surface area (Å²) < 4.78 is 13.0. The highest BCUT2D eigenvalue weighted by Gasteiger charge is 2.28. The number of anilines is 1. The second kappa shape index (κ2) is 8.14. The van der Waals surface area contributed by atoms with Gasteiger partial charge >= 0.3 is 0 Å². The number of nitrogens with zero attached hydrogens (tertiary/aromatic N) is 2. The summed E-state index contributed by atoms with van der Waals surface area (Å²) in [6, 6.07) is 9.35. The lowest BCUT2D eigenvalue weighted by Crippen LogP contribution is -2.37. The molecule has 4 rings (SSSR count). The van der Waals surface area contributed by atoms with Crippen LogP contribution < -0.4 is 9.64 Å².